The smallest absolute Gasteiger partial charge is 0.336 e. The van der Waals surface area contributed by atoms with E-state index < -0.39 is 0 Å². The van der Waals surface area contributed by atoms with Gasteiger partial charge < -0.3 is 9.15 Å². The van der Waals surface area contributed by atoms with Crippen LogP contribution in [0.5, 0.6) is 5.75 Å². The molecule has 0 N–H and O–H groups in total. The summed E-state index contributed by atoms with van der Waals surface area (Å²) in [4.78, 5) is 10.8. The standard InChI is InChI=1S/C8H10O3/c1-5-4-7(9)11-6(2)8(5)10-3/h4H,1-3H3. The summed E-state index contributed by atoms with van der Waals surface area (Å²) >= 11 is 0. The molecule has 3 nitrogen and oxygen atoms in total. The molecule has 3 heteroatoms. The summed E-state index contributed by atoms with van der Waals surface area (Å²) in [6.45, 7) is 3.51. The molecule has 1 rings (SSSR count). The normalized spacial score (nSPS) is 9.73. The number of rotatable bonds is 1. The molecule has 0 bridgehead atoms. The quantitative estimate of drug-likeness (QED) is 0.611. The third kappa shape index (κ3) is 1.42. The monoisotopic (exact) mass is 154 g/mol. The van der Waals surface area contributed by atoms with Crippen LogP contribution in [0.2, 0.25) is 0 Å². The van der Waals surface area contributed by atoms with E-state index in [1.54, 1.807) is 14.0 Å². The highest BCUT2D eigenvalue weighted by atomic mass is 16.5. The van der Waals surface area contributed by atoms with E-state index in [-0.39, 0.29) is 5.63 Å². The predicted molar refractivity (Wildman–Crippen MR) is 41.0 cm³/mol. The SMILES string of the molecule is COc1c(C)cc(=O)oc1C. The number of hydrogen-bond donors (Lipinski definition) is 0. The summed E-state index contributed by atoms with van der Waals surface area (Å²) in [6, 6.07) is 1.41. The van der Waals surface area contributed by atoms with Crippen LogP contribution in [0.1, 0.15) is 11.3 Å². The Balaban J connectivity index is 3.36. The Morgan fingerprint density at radius 2 is 2.09 bits per heavy atom. The first kappa shape index (κ1) is 7.85. The zero-order chi connectivity index (χ0) is 8.43. The molecule has 0 aliphatic rings. The Bertz CT molecular complexity index is 285. The lowest BCUT2D eigenvalue weighted by atomic mass is 10.2. The van der Waals surface area contributed by atoms with Gasteiger partial charge in [0.25, 0.3) is 0 Å². The molecule has 0 saturated heterocycles. The van der Waals surface area contributed by atoms with Crippen molar-refractivity contribution in [2.75, 3.05) is 7.11 Å². The van der Waals surface area contributed by atoms with Crippen LogP contribution >= 0.6 is 0 Å². The highest BCUT2D eigenvalue weighted by molar-refractivity contribution is 5.32. The van der Waals surface area contributed by atoms with E-state index in [9.17, 15) is 4.79 Å². The van der Waals surface area contributed by atoms with Gasteiger partial charge in [0.05, 0.1) is 7.11 Å². The van der Waals surface area contributed by atoms with Crippen LogP contribution in [0, 0.1) is 13.8 Å². The van der Waals surface area contributed by atoms with Gasteiger partial charge >= 0.3 is 5.63 Å². The van der Waals surface area contributed by atoms with Crippen molar-refractivity contribution >= 4 is 0 Å². The van der Waals surface area contributed by atoms with Crippen LogP contribution in [0.15, 0.2) is 15.3 Å². The van der Waals surface area contributed by atoms with Gasteiger partial charge in [-0.1, -0.05) is 0 Å². The fourth-order valence-corrected chi connectivity index (χ4v) is 1.05. The number of methoxy groups -OCH3 is 1. The van der Waals surface area contributed by atoms with Crippen LogP contribution in [0.25, 0.3) is 0 Å². The summed E-state index contributed by atoms with van der Waals surface area (Å²) in [7, 11) is 1.55. The van der Waals surface area contributed by atoms with Gasteiger partial charge in [0.2, 0.25) is 0 Å². The van der Waals surface area contributed by atoms with Crippen molar-refractivity contribution in [2.45, 2.75) is 13.8 Å². The minimum Gasteiger partial charge on any atom is -0.493 e. The van der Waals surface area contributed by atoms with Crippen molar-refractivity contribution in [3.8, 4) is 5.75 Å². The average molecular weight is 154 g/mol. The lowest BCUT2D eigenvalue weighted by Gasteiger charge is -2.04. The summed E-state index contributed by atoms with van der Waals surface area (Å²) in [5.74, 6) is 1.17. The first-order valence-corrected chi connectivity index (χ1v) is 3.30. The van der Waals surface area contributed by atoms with Crippen molar-refractivity contribution in [3.05, 3.63) is 27.8 Å². The summed E-state index contributed by atoms with van der Waals surface area (Å²) in [5, 5.41) is 0. The zero-order valence-electron chi connectivity index (χ0n) is 6.80. The molecule has 0 atom stereocenters. The highest BCUT2D eigenvalue weighted by Crippen LogP contribution is 2.18. The fraction of sp³-hybridized carbons (Fsp3) is 0.375. The Hall–Kier alpha value is -1.25. The molecule has 1 heterocycles. The van der Waals surface area contributed by atoms with Crippen LogP contribution in [0.3, 0.4) is 0 Å². The van der Waals surface area contributed by atoms with E-state index >= 15 is 0 Å². The molecule has 0 aliphatic heterocycles. The third-order valence-electron chi connectivity index (χ3n) is 1.47. The van der Waals surface area contributed by atoms with E-state index in [4.69, 9.17) is 9.15 Å². The van der Waals surface area contributed by atoms with Gasteiger partial charge in [-0.05, 0) is 13.8 Å². The minimum atomic E-state index is -0.333. The van der Waals surface area contributed by atoms with Gasteiger partial charge in [-0.15, -0.1) is 0 Å². The predicted octanol–water partition coefficient (Wildman–Crippen LogP) is 1.27. The fourth-order valence-electron chi connectivity index (χ4n) is 1.05. The van der Waals surface area contributed by atoms with E-state index in [1.165, 1.54) is 6.07 Å². The van der Waals surface area contributed by atoms with Gasteiger partial charge in [-0.3, -0.25) is 0 Å². The van der Waals surface area contributed by atoms with E-state index in [0.29, 0.717) is 11.5 Å². The van der Waals surface area contributed by atoms with Gasteiger partial charge in [0.1, 0.15) is 5.76 Å². The molecule has 0 unspecified atom stereocenters. The van der Waals surface area contributed by atoms with Crippen molar-refractivity contribution in [3.63, 3.8) is 0 Å². The van der Waals surface area contributed by atoms with E-state index in [1.807, 2.05) is 6.92 Å². The molecule has 11 heavy (non-hydrogen) atoms. The van der Waals surface area contributed by atoms with Crippen LogP contribution < -0.4 is 10.4 Å². The first-order chi connectivity index (χ1) is 5.15. The molecular formula is C8H10O3. The first-order valence-electron chi connectivity index (χ1n) is 3.30. The number of ether oxygens (including phenoxy) is 1. The van der Waals surface area contributed by atoms with Gasteiger partial charge in [-0.25, -0.2) is 4.79 Å². The topological polar surface area (TPSA) is 39.4 Å². The maximum atomic E-state index is 10.8. The number of hydrogen-bond acceptors (Lipinski definition) is 3. The Morgan fingerprint density at radius 1 is 1.45 bits per heavy atom. The summed E-state index contributed by atoms with van der Waals surface area (Å²) in [6.07, 6.45) is 0. The maximum Gasteiger partial charge on any atom is 0.336 e. The van der Waals surface area contributed by atoms with E-state index in [0.717, 1.165) is 5.56 Å². The second kappa shape index (κ2) is 2.78. The minimum absolute atomic E-state index is 0.333. The zero-order valence-corrected chi connectivity index (χ0v) is 6.80. The van der Waals surface area contributed by atoms with Crippen LogP contribution in [-0.2, 0) is 0 Å². The van der Waals surface area contributed by atoms with Crippen molar-refractivity contribution in [1.82, 2.24) is 0 Å². The lowest BCUT2D eigenvalue weighted by Crippen LogP contribution is -2.01. The van der Waals surface area contributed by atoms with Crippen molar-refractivity contribution in [1.29, 1.82) is 0 Å². The Labute approximate surface area is 64.6 Å². The van der Waals surface area contributed by atoms with Crippen LogP contribution in [0.4, 0.5) is 0 Å². The largest absolute Gasteiger partial charge is 0.493 e. The molecule has 0 radical (unpaired) electrons. The van der Waals surface area contributed by atoms with Crippen molar-refractivity contribution < 1.29 is 9.15 Å². The third-order valence-corrected chi connectivity index (χ3v) is 1.47. The molecular weight excluding hydrogens is 144 g/mol. The molecule has 1 aromatic heterocycles. The van der Waals surface area contributed by atoms with Gasteiger partial charge in [0, 0.05) is 11.6 Å². The summed E-state index contributed by atoms with van der Waals surface area (Å²) in [5.41, 5.74) is 0.474. The van der Waals surface area contributed by atoms with Gasteiger partial charge in [0.15, 0.2) is 5.75 Å². The molecule has 60 valence electrons. The average Bonchev–Trinajstić information content (AvgIpc) is 1.85. The second-order valence-electron chi connectivity index (χ2n) is 2.34. The molecule has 0 spiro atoms. The molecule has 0 amide bonds. The summed E-state index contributed by atoms with van der Waals surface area (Å²) < 4.78 is 9.80. The van der Waals surface area contributed by atoms with Crippen molar-refractivity contribution in [2.24, 2.45) is 0 Å². The van der Waals surface area contributed by atoms with E-state index in [2.05, 4.69) is 0 Å². The molecule has 0 fully saturated rings. The highest BCUT2D eigenvalue weighted by Gasteiger charge is 2.04. The number of aryl methyl sites for hydroxylation is 2. The molecule has 0 saturated carbocycles. The molecule has 0 aliphatic carbocycles. The van der Waals surface area contributed by atoms with Gasteiger partial charge in [-0.2, -0.15) is 0 Å². The Kier molecular flexibility index (Phi) is 1.98. The van der Waals surface area contributed by atoms with Crippen LogP contribution in [-0.4, -0.2) is 7.11 Å². The molecule has 0 aromatic carbocycles. The molecule has 1 aromatic rings. The Morgan fingerprint density at radius 3 is 2.55 bits per heavy atom. The second-order valence-corrected chi connectivity index (χ2v) is 2.34. The lowest BCUT2D eigenvalue weighted by molar-refractivity contribution is 0.368. The maximum absolute atomic E-state index is 10.8.